The molecule has 0 amide bonds. The Morgan fingerprint density at radius 3 is 2.79 bits per heavy atom. The second-order valence-electron chi connectivity index (χ2n) is 4.40. The third-order valence-corrected chi connectivity index (χ3v) is 2.95. The van der Waals surface area contributed by atoms with Crippen molar-refractivity contribution in [3.8, 4) is 11.3 Å². The van der Waals surface area contributed by atoms with Crippen LogP contribution in [0, 0.1) is 6.92 Å². The predicted octanol–water partition coefficient (Wildman–Crippen LogP) is 0.385. The summed E-state index contributed by atoms with van der Waals surface area (Å²) in [5, 5.41) is 18.4. The quantitative estimate of drug-likeness (QED) is 0.648. The molecule has 2 aromatic heterocycles. The molecule has 0 atom stereocenters. The SMILES string of the molecule is Cc1ccn2cc(-c3cccc(B(O)O)c3)nc2n1. The van der Waals surface area contributed by atoms with Crippen molar-refractivity contribution in [1.82, 2.24) is 14.4 Å². The monoisotopic (exact) mass is 253 g/mol. The maximum Gasteiger partial charge on any atom is 0.488 e. The summed E-state index contributed by atoms with van der Waals surface area (Å²) in [5.74, 6) is 0.630. The standard InChI is InChI=1S/C13H12BN3O2/c1-9-5-6-17-8-12(16-13(17)15-9)10-3-2-4-11(7-10)14(18)19/h2-8,18-19H,1H3. The van der Waals surface area contributed by atoms with Gasteiger partial charge in [0.05, 0.1) is 5.69 Å². The first-order chi connectivity index (χ1) is 9.13. The van der Waals surface area contributed by atoms with E-state index in [1.165, 1.54) is 0 Å². The zero-order valence-electron chi connectivity index (χ0n) is 10.4. The highest BCUT2D eigenvalue weighted by atomic mass is 16.4. The first-order valence-corrected chi connectivity index (χ1v) is 5.92. The number of rotatable bonds is 2. The number of aryl methyl sites for hydroxylation is 1. The fourth-order valence-corrected chi connectivity index (χ4v) is 1.96. The van der Waals surface area contributed by atoms with Crippen LogP contribution in [0.25, 0.3) is 17.0 Å². The van der Waals surface area contributed by atoms with Crippen molar-refractivity contribution < 1.29 is 10.0 Å². The van der Waals surface area contributed by atoms with Crippen LogP contribution >= 0.6 is 0 Å². The van der Waals surface area contributed by atoms with Gasteiger partial charge >= 0.3 is 7.12 Å². The summed E-state index contributed by atoms with van der Waals surface area (Å²) in [6, 6.07) is 8.92. The van der Waals surface area contributed by atoms with Crippen molar-refractivity contribution in [2.24, 2.45) is 0 Å². The molecule has 2 heterocycles. The van der Waals surface area contributed by atoms with Crippen LogP contribution < -0.4 is 5.46 Å². The number of hydrogen-bond acceptors (Lipinski definition) is 4. The maximum absolute atomic E-state index is 9.19. The van der Waals surface area contributed by atoms with Crippen LogP contribution in [-0.4, -0.2) is 31.5 Å². The van der Waals surface area contributed by atoms with Gasteiger partial charge in [-0.05, 0) is 18.5 Å². The zero-order valence-corrected chi connectivity index (χ0v) is 10.4. The van der Waals surface area contributed by atoms with Gasteiger partial charge in [0.1, 0.15) is 0 Å². The Morgan fingerprint density at radius 1 is 1.16 bits per heavy atom. The number of aromatic nitrogens is 3. The number of hydrogen-bond donors (Lipinski definition) is 2. The highest BCUT2D eigenvalue weighted by molar-refractivity contribution is 6.58. The van der Waals surface area contributed by atoms with Gasteiger partial charge in [0.15, 0.2) is 0 Å². The molecule has 0 aliphatic rings. The van der Waals surface area contributed by atoms with Gasteiger partial charge in [-0.3, -0.25) is 4.40 Å². The molecule has 3 aromatic rings. The minimum absolute atomic E-state index is 0.443. The summed E-state index contributed by atoms with van der Waals surface area (Å²) in [4.78, 5) is 8.77. The van der Waals surface area contributed by atoms with Crippen molar-refractivity contribution in [3.63, 3.8) is 0 Å². The topological polar surface area (TPSA) is 70.7 Å². The van der Waals surface area contributed by atoms with Gasteiger partial charge in [0.25, 0.3) is 0 Å². The Labute approximate surface area is 110 Å². The van der Waals surface area contributed by atoms with Crippen LogP contribution in [0.4, 0.5) is 0 Å². The van der Waals surface area contributed by atoms with Gasteiger partial charge in [0, 0.05) is 23.7 Å². The highest BCUT2D eigenvalue weighted by Gasteiger charge is 2.12. The Kier molecular flexibility index (Phi) is 2.81. The van der Waals surface area contributed by atoms with Gasteiger partial charge in [-0.25, -0.2) is 9.97 Å². The molecule has 0 aliphatic heterocycles. The van der Waals surface area contributed by atoms with Crippen LogP contribution in [0.2, 0.25) is 0 Å². The Balaban J connectivity index is 2.11. The molecule has 94 valence electrons. The molecule has 3 rings (SSSR count). The summed E-state index contributed by atoms with van der Waals surface area (Å²) < 4.78 is 1.84. The lowest BCUT2D eigenvalue weighted by molar-refractivity contribution is 0.426. The third-order valence-electron chi connectivity index (χ3n) is 2.95. The van der Waals surface area contributed by atoms with Crippen molar-refractivity contribution in [3.05, 3.63) is 48.4 Å². The second-order valence-corrected chi connectivity index (χ2v) is 4.40. The molecule has 2 N–H and O–H groups in total. The fraction of sp³-hybridized carbons (Fsp3) is 0.0769. The Hall–Kier alpha value is -2.18. The molecular weight excluding hydrogens is 241 g/mol. The van der Waals surface area contributed by atoms with E-state index in [0.29, 0.717) is 11.2 Å². The van der Waals surface area contributed by atoms with Crippen LogP contribution in [0.15, 0.2) is 42.7 Å². The van der Waals surface area contributed by atoms with E-state index in [4.69, 9.17) is 0 Å². The molecule has 0 aliphatic carbocycles. The predicted molar refractivity (Wildman–Crippen MR) is 73.0 cm³/mol. The molecule has 0 bridgehead atoms. The van der Waals surface area contributed by atoms with Gasteiger partial charge in [0.2, 0.25) is 5.78 Å². The number of fused-ring (bicyclic) bond motifs is 1. The molecule has 1 aromatic carbocycles. The minimum atomic E-state index is -1.47. The first kappa shape index (κ1) is 11.9. The summed E-state index contributed by atoms with van der Waals surface area (Å²) in [7, 11) is -1.47. The van der Waals surface area contributed by atoms with Crippen molar-refractivity contribution in [2.75, 3.05) is 0 Å². The number of benzene rings is 1. The second kappa shape index (κ2) is 4.49. The van der Waals surface area contributed by atoms with E-state index in [2.05, 4.69) is 9.97 Å². The summed E-state index contributed by atoms with van der Waals surface area (Å²) in [6.07, 6.45) is 3.77. The van der Waals surface area contributed by atoms with Crippen molar-refractivity contribution in [1.29, 1.82) is 0 Å². The maximum atomic E-state index is 9.19. The lowest BCUT2D eigenvalue weighted by Crippen LogP contribution is -2.29. The van der Waals surface area contributed by atoms with Gasteiger partial charge in [-0.15, -0.1) is 0 Å². The number of imidazole rings is 1. The molecular formula is C13H12BN3O2. The van der Waals surface area contributed by atoms with E-state index in [-0.39, 0.29) is 0 Å². The molecule has 0 unspecified atom stereocenters. The molecule has 0 saturated carbocycles. The van der Waals surface area contributed by atoms with E-state index in [9.17, 15) is 10.0 Å². The summed E-state index contributed by atoms with van der Waals surface area (Å²) in [5.41, 5.74) is 2.93. The smallest absolute Gasteiger partial charge is 0.423 e. The fourth-order valence-electron chi connectivity index (χ4n) is 1.96. The first-order valence-electron chi connectivity index (χ1n) is 5.92. The Bertz CT molecular complexity index is 740. The summed E-state index contributed by atoms with van der Waals surface area (Å²) in [6.45, 7) is 1.91. The lowest BCUT2D eigenvalue weighted by Gasteiger charge is -2.01. The van der Waals surface area contributed by atoms with E-state index >= 15 is 0 Å². The minimum Gasteiger partial charge on any atom is -0.423 e. The number of nitrogens with zero attached hydrogens (tertiary/aromatic N) is 3. The van der Waals surface area contributed by atoms with Crippen LogP contribution in [-0.2, 0) is 0 Å². The van der Waals surface area contributed by atoms with Crippen molar-refractivity contribution in [2.45, 2.75) is 6.92 Å². The van der Waals surface area contributed by atoms with Crippen LogP contribution in [0.3, 0.4) is 0 Å². The summed E-state index contributed by atoms with van der Waals surface area (Å²) >= 11 is 0. The van der Waals surface area contributed by atoms with Crippen LogP contribution in [0.5, 0.6) is 0 Å². The Morgan fingerprint density at radius 2 is 2.00 bits per heavy atom. The van der Waals surface area contributed by atoms with Gasteiger partial charge < -0.3 is 10.0 Å². The average Bonchev–Trinajstić information content (AvgIpc) is 2.81. The molecule has 0 spiro atoms. The largest absolute Gasteiger partial charge is 0.488 e. The average molecular weight is 253 g/mol. The van der Waals surface area contributed by atoms with Gasteiger partial charge in [-0.2, -0.15) is 0 Å². The van der Waals surface area contributed by atoms with Gasteiger partial charge in [-0.1, -0.05) is 24.3 Å². The van der Waals surface area contributed by atoms with E-state index in [1.807, 2.05) is 35.9 Å². The molecule has 0 saturated heterocycles. The molecule has 0 radical (unpaired) electrons. The molecule has 19 heavy (non-hydrogen) atoms. The normalized spacial score (nSPS) is 10.9. The van der Waals surface area contributed by atoms with E-state index < -0.39 is 7.12 Å². The third kappa shape index (κ3) is 2.23. The van der Waals surface area contributed by atoms with E-state index in [0.717, 1.165) is 17.0 Å². The lowest BCUT2D eigenvalue weighted by atomic mass is 9.79. The molecule has 6 heteroatoms. The zero-order chi connectivity index (χ0) is 13.4. The molecule has 0 fully saturated rings. The van der Waals surface area contributed by atoms with Crippen molar-refractivity contribution >= 4 is 18.4 Å². The van der Waals surface area contributed by atoms with E-state index in [1.54, 1.807) is 18.2 Å². The van der Waals surface area contributed by atoms with Crippen LogP contribution in [0.1, 0.15) is 5.69 Å². The highest BCUT2D eigenvalue weighted by Crippen LogP contribution is 2.17. The molecule has 5 nitrogen and oxygen atoms in total.